The summed E-state index contributed by atoms with van der Waals surface area (Å²) in [5.41, 5.74) is 0.880. The monoisotopic (exact) mass is 290 g/mol. The van der Waals surface area contributed by atoms with E-state index in [4.69, 9.17) is 0 Å². The number of nitrogens with one attached hydrogen (secondary N) is 2. The number of carbonyl (C=O) groups excluding carboxylic acids is 1. The maximum absolute atomic E-state index is 12.5. The minimum atomic E-state index is -0.318. The van der Waals surface area contributed by atoms with Crippen molar-refractivity contribution in [2.24, 2.45) is 17.8 Å². The number of piperidine rings is 1. The van der Waals surface area contributed by atoms with E-state index in [1.54, 1.807) is 11.8 Å². The van der Waals surface area contributed by atoms with Crippen LogP contribution in [0.15, 0.2) is 29.2 Å². The Morgan fingerprint density at radius 2 is 1.95 bits per heavy atom. The summed E-state index contributed by atoms with van der Waals surface area (Å²) in [7, 11) is 0. The molecule has 3 atom stereocenters. The van der Waals surface area contributed by atoms with E-state index in [1.165, 1.54) is 10.5 Å². The number of thioether (sulfide) groups is 1. The van der Waals surface area contributed by atoms with Crippen molar-refractivity contribution >= 4 is 17.7 Å². The lowest BCUT2D eigenvalue weighted by atomic mass is 9.93. The number of fused-ring (bicyclic) bond motifs is 1. The van der Waals surface area contributed by atoms with Gasteiger partial charge in [0.05, 0.1) is 5.54 Å². The third-order valence-electron chi connectivity index (χ3n) is 4.61. The second-order valence-corrected chi connectivity index (χ2v) is 7.17. The molecule has 2 N–H and O–H groups in total. The van der Waals surface area contributed by atoms with Crippen molar-refractivity contribution in [2.45, 2.75) is 24.3 Å². The fourth-order valence-electron chi connectivity index (χ4n) is 3.43. The lowest BCUT2D eigenvalue weighted by Crippen LogP contribution is -2.43. The van der Waals surface area contributed by atoms with Crippen LogP contribution < -0.4 is 10.6 Å². The van der Waals surface area contributed by atoms with Crippen LogP contribution in [0.25, 0.3) is 0 Å². The summed E-state index contributed by atoms with van der Waals surface area (Å²) >= 11 is 1.73. The van der Waals surface area contributed by atoms with Gasteiger partial charge >= 0.3 is 0 Å². The normalized spacial score (nSPS) is 28.1. The van der Waals surface area contributed by atoms with Crippen LogP contribution >= 0.6 is 11.8 Å². The average Bonchev–Trinajstić information content (AvgIpc) is 2.92. The van der Waals surface area contributed by atoms with Gasteiger partial charge in [-0.05, 0) is 56.7 Å². The Hall–Kier alpha value is -1.00. The van der Waals surface area contributed by atoms with Crippen LogP contribution in [0, 0.1) is 17.8 Å². The molecule has 1 amide bonds. The topological polar surface area (TPSA) is 41.1 Å². The second-order valence-electron chi connectivity index (χ2n) is 6.33. The Bertz CT molecular complexity index is 519. The van der Waals surface area contributed by atoms with E-state index in [-0.39, 0.29) is 17.4 Å². The highest BCUT2D eigenvalue weighted by Crippen LogP contribution is 2.49. The molecule has 2 aliphatic rings. The van der Waals surface area contributed by atoms with Gasteiger partial charge in [0.2, 0.25) is 5.91 Å². The Balaban J connectivity index is 1.73. The number of hydrogen-bond donors (Lipinski definition) is 2. The second kappa shape index (κ2) is 5.08. The predicted octanol–water partition coefficient (Wildman–Crippen LogP) is 2.23. The molecule has 0 bridgehead atoms. The SMILES string of the molecule is CSc1ccccc1C(C)(C)NC(=O)C1[C@H]2CNC[C@@H]12. The molecule has 3 rings (SSSR count). The molecule has 0 spiro atoms. The van der Waals surface area contributed by atoms with Crippen LogP contribution in [0.2, 0.25) is 0 Å². The van der Waals surface area contributed by atoms with E-state index in [2.05, 4.69) is 42.9 Å². The van der Waals surface area contributed by atoms with Gasteiger partial charge in [-0.2, -0.15) is 0 Å². The molecule has 1 saturated carbocycles. The van der Waals surface area contributed by atoms with Gasteiger partial charge in [0.15, 0.2) is 0 Å². The number of rotatable bonds is 4. The molecular weight excluding hydrogens is 268 g/mol. The first-order valence-electron chi connectivity index (χ1n) is 7.21. The predicted molar refractivity (Wildman–Crippen MR) is 82.7 cm³/mol. The zero-order valence-electron chi connectivity index (χ0n) is 12.3. The van der Waals surface area contributed by atoms with E-state index >= 15 is 0 Å². The smallest absolute Gasteiger partial charge is 0.224 e. The Morgan fingerprint density at radius 1 is 1.30 bits per heavy atom. The molecule has 3 nitrogen and oxygen atoms in total. The summed E-state index contributed by atoms with van der Waals surface area (Å²) in [6.45, 7) is 6.20. The zero-order valence-corrected chi connectivity index (χ0v) is 13.1. The molecule has 1 aliphatic heterocycles. The highest BCUT2D eigenvalue weighted by molar-refractivity contribution is 7.98. The molecule has 1 aliphatic carbocycles. The van der Waals surface area contributed by atoms with E-state index in [0.717, 1.165) is 13.1 Å². The van der Waals surface area contributed by atoms with Gasteiger partial charge in [-0.3, -0.25) is 4.79 Å². The van der Waals surface area contributed by atoms with Crippen LogP contribution in [0.1, 0.15) is 19.4 Å². The van der Waals surface area contributed by atoms with Gasteiger partial charge in [0, 0.05) is 10.8 Å². The maximum atomic E-state index is 12.5. The molecule has 1 saturated heterocycles. The summed E-state index contributed by atoms with van der Waals surface area (Å²) in [6, 6.07) is 8.31. The Morgan fingerprint density at radius 3 is 2.60 bits per heavy atom. The third kappa shape index (κ3) is 2.35. The molecule has 1 unspecified atom stereocenters. The van der Waals surface area contributed by atoms with Gasteiger partial charge in [-0.15, -0.1) is 11.8 Å². The van der Waals surface area contributed by atoms with Crippen molar-refractivity contribution in [1.29, 1.82) is 0 Å². The van der Waals surface area contributed by atoms with Crippen LogP contribution in [0.4, 0.5) is 0 Å². The van der Waals surface area contributed by atoms with Gasteiger partial charge in [0.25, 0.3) is 0 Å². The zero-order chi connectivity index (χ0) is 14.3. The van der Waals surface area contributed by atoms with Crippen molar-refractivity contribution in [3.63, 3.8) is 0 Å². The molecule has 1 aromatic carbocycles. The van der Waals surface area contributed by atoms with Crippen LogP contribution in [0.5, 0.6) is 0 Å². The third-order valence-corrected chi connectivity index (χ3v) is 5.41. The summed E-state index contributed by atoms with van der Waals surface area (Å²) in [5.74, 6) is 1.60. The number of carbonyl (C=O) groups is 1. The number of amides is 1. The van der Waals surface area contributed by atoms with E-state index < -0.39 is 0 Å². The first-order chi connectivity index (χ1) is 9.54. The molecule has 1 aromatic rings. The Labute approximate surface area is 124 Å². The fourth-order valence-corrected chi connectivity index (χ4v) is 4.18. The molecule has 2 fully saturated rings. The summed E-state index contributed by atoms with van der Waals surface area (Å²) in [5, 5.41) is 6.59. The first-order valence-corrected chi connectivity index (χ1v) is 8.43. The van der Waals surface area contributed by atoms with Crippen molar-refractivity contribution in [1.82, 2.24) is 10.6 Å². The van der Waals surface area contributed by atoms with E-state index in [1.807, 2.05) is 12.1 Å². The molecular formula is C16H22N2OS. The maximum Gasteiger partial charge on any atom is 0.224 e. The highest BCUT2D eigenvalue weighted by Gasteiger charge is 2.57. The van der Waals surface area contributed by atoms with Gasteiger partial charge in [0.1, 0.15) is 0 Å². The van der Waals surface area contributed by atoms with Gasteiger partial charge < -0.3 is 10.6 Å². The number of benzene rings is 1. The van der Waals surface area contributed by atoms with E-state index in [9.17, 15) is 4.79 Å². The molecule has 20 heavy (non-hydrogen) atoms. The van der Waals surface area contributed by atoms with Gasteiger partial charge in [-0.25, -0.2) is 0 Å². The molecule has 1 heterocycles. The Kier molecular flexibility index (Phi) is 3.55. The van der Waals surface area contributed by atoms with Crippen LogP contribution in [0.3, 0.4) is 0 Å². The minimum absolute atomic E-state index is 0.224. The lowest BCUT2D eigenvalue weighted by Gasteiger charge is -2.29. The van der Waals surface area contributed by atoms with Gasteiger partial charge in [-0.1, -0.05) is 18.2 Å². The van der Waals surface area contributed by atoms with Crippen molar-refractivity contribution in [2.75, 3.05) is 19.3 Å². The molecule has 4 heteroatoms. The van der Waals surface area contributed by atoms with Crippen molar-refractivity contribution < 1.29 is 4.79 Å². The first kappa shape index (κ1) is 14.0. The largest absolute Gasteiger partial charge is 0.347 e. The fraction of sp³-hybridized carbons (Fsp3) is 0.562. The average molecular weight is 290 g/mol. The standard InChI is InChI=1S/C16H22N2OS/c1-16(2,12-6-4-5-7-13(12)20-3)18-15(19)14-10-8-17-9-11(10)14/h4-7,10-11,14,17H,8-9H2,1-3H3,(H,18,19)/t10-,11+,14?. The van der Waals surface area contributed by atoms with Crippen molar-refractivity contribution in [3.05, 3.63) is 29.8 Å². The summed E-state index contributed by atoms with van der Waals surface area (Å²) in [4.78, 5) is 13.7. The highest BCUT2D eigenvalue weighted by atomic mass is 32.2. The minimum Gasteiger partial charge on any atom is -0.347 e. The van der Waals surface area contributed by atoms with E-state index in [0.29, 0.717) is 11.8 Å². The quantitative estimate of drug-likeness (QED) is 0.836. The summed E-state index contributed by atoms with van der Waals surface area (Å²) < 4.78 is 0. The van der Waals surface area contributed by atoms with Crippen molar-refractivity contribution in [3.8, 4) is 0 Å². The summed E-state index contributed by atoms with van der Waals surface area (Å²) in [6.07, 6.45) is 2.08. The molecule has 0 radical (unpaired) electrons. The molecule has 0 aromatic heterocycles. The molecule has 108 valence electrons. The van der Waals surface area contributed by atoms with Crippen LogP contribution in [-0.2, 0) is 10.3 Å². The number of hydrogen-bond acceptors (Lipinski definition) is 3. The van der Waals surface area contributed by atoms with Crippen LogP contribution in [-0.4, -0.2) is 25.3 Å². The lowest BCUT2D eigenvalue weighted by molar-refractivity contribution is -0.124.